The number of sulfonamides is 1. The molecule has 0 aliphatic carbocycles. The zero-order valence-electron chi connectivity index (χ0n) is 17.8. The van der Waals surface area contributed by atoms with E-state index in [2.05, 4.69) is 28.4 Å². The molecule has 1 amide bonds. The van der Waals surface area contributed by atoms with Crippen LogP contribution in [0.1, 0.15) is 43.2 Å². The maximum absolute atomic E-state index is 12.9. The van der Waals surface area contributed by atoms with E-state index in [-0.39, 0.29) is 18.4 Å². The minimum atomic E-state index is -3.51. The van der Waals surface area contributed by atoms with Crippen molar-refractivity contribution in [3.63, 3.8) is 0 Å². The Morgan fingerprint density at radius 1 is 1.00 bits per heavy atom. The van der Waals surface area contributed by atoms with Crippen LogP contribution in [-0.2, 0) is 27.9 Å². The van der Waals surface area contributed by atoms with Gasteiger partial charge in [0, 0.05) is 26.2 Å². The van der Waals surface area contributed by atoms with Gasteiger partial charge >= 0.3 is 0 Å². The Hall–Kier alpha value is -1.74. The van der Waals surface area contributed by atoms with Crippen molar-refractivity contribution in [3.05, 3.63) is 52.9 Å². The molecule has 1 N–H and O–H groups in total. The Kier molecular flexibility index (Phi) is 7.43. The zero-order chi connectivity index (χ0) is 21.7. The van der Waals surface area contributed by atoms with Crippen molar-refractivity contribution in [1.29, 1.82) is 0 Å². The van der Waals surface area contributed by atoms with E-state index in [4.69, 9.17) is 0 Å². The van der Waals surface area contributed by atoms with Gasteiger partial charge < -0.3 is 5.32 Å². The summed E-state index contributed by atoms with van der Waals surface area (Å²) in [6.45, 7) is 4.40. The van der Waals surface area contributed by atoms with Gasteiger partial charge in [-0.05, 0) is 61.3 Å². The van der Waals surface area contributed by atoms with E-state index < -0.39 is 10.0 Å². The zero-order valence-corrected chi connectivity index (χ0v) is 19.5. The van der Waals surface area contributed by atoms with Crippen molar-refractivity contribution in [1.82, 2.24) is 14.5 Å². The minimum absolute atomic E-state index is 0.0566. The van der Waals surface area contributed by atoms with Gasteiger partial charge in [-0.3, -0.25) is 9.69 Å². The summed E-state index contributed by atoms with van der Waals surface area (Å²) in [6.07, 6.45) is 5.25. The molecule has 6 nitrogen and oxygen atoms in total. The van der Waals surface area contributed by atoms with E-state index >= 15 is 0 Å². The van der Waals surface area contributed by atoms with Crippen LogP contribution < -0.4 is 5.32 Å². The highest BCUT2D eigenvalue weighted by Gasteiger charge is 2.33. The smallest absolute Gasteiger partial charge is 0.252 e. The highest BCUT2D eigenvalue weighted by Crippen LogP contribution is 2.26. The molecule has 4 rings (SSSR count). The molecule has 31 heavy (non-hydrogen) atoms. The third-order valence-corrected chi connectivity index (χ3v) is 9.50. The number of benzene rings is 1. The van der Waals surface area contributed by atoms with E-state index in [1.54, 1.807) is 17.5 Å². The predicted octanol–water partition coefficient (Wildman–Crippen LogP) is 3.45. The molecule has 168 valence electrons. The normalized spacial score (nSPS) is 21.1. The van der Waals surface area contributed by atoms with Crippen LogP contribution in [-0.4, -0.2) is 49.7 Å². The molecule has 0 unspecified atom stereocenters. The number of amides is 1. The molecular formula is C23H31N3O3S2. The molecule has 2 saturated heterocycles. The second-order valence-electron chi connectivity index (χ2n) is 8.46. The molecule has 2 fully saturated rings. The van der Waals surface area contributed by atoms with Gasteiger partial charge in [0.25, 0.3) is 10.0 Å². The Bertz CT molecular complexity index is 970. The van der Waals surface area contributed by atoms with Crippen LogP contribution in [0.5, 0.6) is 0 Å². The summed E-state index contributed by atoms with van der Waals surface area (Å²) in [5.74, 6) is -0.364. The van der Waals surface area contributed by atoms with Crippen LogP contribution in [0.2, 0.25) is 0 Å². The number of nitrogens with zero attached hydrogens (tertiary/aromatic N) is 2. The number of hydrogen-bond donors (Lipinski definition) is 1. The lowest BCUT2D eigenvalue weighted by Gasteiger charge is -2.31. The molecule has 1 atom stereocenters. The van der Waals surface area contributed by atoms with Gasteiger partial charge in [-0.2, -0.15) is 4.31 Å². The van der Waals surface area contributed by atoms with Gasteiger partial charge in [0.05, 0.1) is 5.92 Å². The van der Waals surface area contributed by atoms with Crippen LogP contribution in [0.4, 0.5) is 0 Å². The first-order chi connectivity index (χ1) is 15.0. The summed E-state index contributed by atoms with van der Waals surface area (Å²) in [4.78, 5) is 15.4. The fourth-order valence-corrected chi connectivity index (χ4v) is 7.15. The summed E-state index contributed by atoms with van der Waals surface area (Å²) in [5.41, 5.74) is 2.40. The number of hydrogen-bond acceptors (Lipinski definition) is 5. The molecule has 0 bridgehead atoms. The second kappa shape index (κ2) is 10.3. The van der Waals surface area contributed by atoms with E-state index in [0.29, 0.717) is 23.7 Å². The number of rotatable bonds is 7. The molecule has 0 saturated carbocycles. The Morgan fingerprint density at radius 2 is 1.77 bits per heavy atom. The molecular weight excluding hydrogens is 430 g/mol. The first-order valence-corrected chi connectivity index (χ1v) is 13.5. The van der Waals surface area contributed by atoms with Crippen LogP contribution in [0, 0.1) is 5.92 Å². The fraction of sp³-hybridized carbons (Fsp3) is 0.522. The summed E-state index contributed by atoms with van der Waals surface area (Å²) < 4.78 is 27.5. The Labute approximate surface area is 189 Å². The lowest BCUT2D eigenvalue weighted by atomic mass is 9.98. The predicted molar refractivity (Wildman–Crippen MR) is 123 cm³/mol. The van der Waals surface area contributed by atoms with Crippen molar-refractivity contribution in [2.45, 2.75) is 49.4 Å². The van der Waals surface area contributed by atoms with Gasteiger partial charge in [0.2, 0.25) is 5.91 Å². The maximum atomic E-state index is 12.9. The first kappa shape index (κ1) is 22.5. The molecule has 1 aromatic carbocycles. The van der Waals surface area contributed by atoms with Crippen LogP contribution in [0.3, 0.4) is 0 Å². The summed E-state index contributed by atoms with van der Waals surface area (Å²) >= 11 is 1.22. The van der Waals surface area contributed by atoms with Crippen molar-refractivity contribution in [2.75, 3.05) is 26.2 Å². The average molecular weight is 462 g/mol. The van der Waals surface area contributed by atoms with Gasteiger partial charge in [-0.15, -0.1) is 11.3 Å². The molecule has 2 aromatic rings. The van der Waals surface area contributed by atoms with Crippen molar-refractivity contribution in [2.24, 2.45) is 5.92 Å². The van der Waals surface area contributed by atoms with Crippen LogP contribution >= 0.6 is 11.3 Å². The van der Waals surface area contributed by atoms with Crippen molar-refractivity contribution in [3.8, 4) is 0 Å². The van der Waals surface area contributed by atoms with Crippen molar-refractivity contribution >= 4 is 27.3 Å². The fourth-order valence-electron chi connectivity index (χ4n) is 4.48. The van der Waals surface area contributed by atoms with E-state index in [1.807, 2.05) is 6.07 Å². The maximum Gasteiger partial charge on any atom is 0.252 e. The van der Waals surface area contributed by atoms with E-state index in [1.165, 1.54) is 40.5 Å². The quantitative estimate of drug-likeness (QED) is 0.686. The average Bonchev–Trinajstić information content (AvgIpc) is 3.35. The van der Waals surface area contributed by atoms with Crippen molar-refractivity contribution < 1.29 is 13.2 Å². The summed E-state index contributed by atoms with van der Waals surface area (Å²) in [7, 11) is -3.51. The Morgan fingerprint density at radius 3 is 2.52 bits per heavy atom. The number of likely N-dealkylation sites (tertiary alicyclic amines) is 1. The first-order valence-electron chi connectivity index (χ1n) is 11.1. The number of piperidine rings is 2. The number of nitrogens with one attached hydrogen (secondary N) is 1. The lowest BCUT2D eigenvalue weighted by Crippen LogP contribution is -2.45. The molecule has 3 heterocycles. The standard InChI is InChI=1S/C23H31N3O3S2/c27-23(21-10-6-14-26(18-21)31(28,29)22-11-7-15-30-22)24-16-19-8-2-3-9-20(19)17-25-12-4-1-5-13-25/h2-3,7-9,11,15,21H,1,4-6,10,12-14,16-18H2,(H,24,27)/t21-/m1/s1. The minimum Gasteiger partial charge on any atom is -0.352 e. The highest BCUT2D eigenvalue weighted by molar-refractivity contribution is 7.91. The number of thiophene rings is 1. The van der Waals surface area contributed by atoms with E-state index in [9.17, 15) is 13.2 Å². The van der Waals surface area contributed by atoms with Crippen LogP contribution in [0.15, 0.2) is 46.0 Å². The second-order valence-corrected chi connectivity index (χ2v) is 11.6. The largest absolute Gasteiger partial charge is 0.352 e. The summed E-state index contributed by atoms with van der Waals surface area (Å²) in [5, 5.41) is 4.84. The molecule has 2 aliphatic rings. The third kappa shape index (κ3) is 5.55. The Balaban J connectivity index is 1.36. The molecule has 0 radical (unpaired) electrons. The number of carbonyl (C=O) groups excluding carboxylic acids is 1. The molecule has 8 heteroatoms. The van der Waals surface area contributed by atoms with Gasteiger partial charge in [-0.25, -0.2) is 8.42 Å². The van der Waals surface area contributed by atoms with Gasteiger partial charge in [-0.1, -0.05) is 36.8 Å². The number of carbonyl (C=O) groups is 1. The molecule has 2 aliphatic heterocycles. The summed E-state index contributed by atoms with van der Waals surface area (Å²) in [6, 6.07) is 11.7. The topological polar surface area (TPSA) is 69.7 Å². The SMILES string of the molecule is O=C(NCc1ccccc1CN1CCCCC1)[C@@H]1CCCN(S(=O)(=O)c2cccs2)C1. The highest BCUT2D eigenvalue weighted by atomic mass is 32.2. The van der Waals surface area contributed by atoms with Gasteiger partial charge in [0.1, 0.15) is 4.21 Å². The lowest BCUT2D eigenvalue weighted by molar-refractivity contribution is -0.126. The molecule has 0 spiro atoms. The van der Waals surface area contributed by atoms with Gasteiger partial charge in [0.15, 0.2) is 0 Å². The van der Waals surface area contributed by atoms with E-state index in [0.717, 1.165) is 31.6 Å². The third-order valence-electron chi connectivity index (χ3n) is 6.26. The monoisotopic (exact) mass is 461 g/mol. The molecule has 1 aromatic heterocycles. The van der Waals surface area contributed by atoms with Crippen LogP contribution in [0.25, 0.3) is 0 Å².